The molecule has 0 spiro atoms. The van der Waals surface area contributed by atoms with Crippen LogP contribution in [0.2, 0.25) is 0 Å². The second kappa shape index (κ2) is 8.21. The number of carbonyl (C=O) groups is 2. The summed E-state index contributed by atoms with van der Waals surface area (Å²) in [7, 11) is 2.59. The van der Waals surface area contributed by atoms with E-state index in [1.54, 1.807) is 6.07 Å². The summed E-state index contributed by atoms with van der Waals surface area (Å²) in [5.41, 5.74) is 0.840. The number of methoxy groups -OCH3 is 2. The zero-order valence-electron chi connectivity index (χ0n) is 14.6. The Kier molecular flexibility index (Phi) is 6.27. The van der Waals surface area contributed by atoms with Crippen LogP contribution in [0, 0.1) is 0 Å². The van der Waals surface area contributed by atoms with E-state index in [9.17, 15) is 9.59 Å². The highest BCUT2D eigenvalue weighted by Crippen LogP contribution is 2.13. The lowest BCUT2D eigenvalue weighted by Crippen LogP contribution is -2.64. The molecule has 9 heteroatoms. The molecular weight excluding hydrogens is 311 g/mol. The third-order valence-corrected chi connectivity index (χ3v) is 4.27. The first-order valence-electron chi connectivity index (χ1n) is 8.09. The molecule has 1 fully saturated rings. The quantitative estimate of drug-likeness (QED) is 0.540. The zero-order chi connectivity index (χ0) is 17.7. The number of aromatic nitrogens is 2. The molecule has 2 rings (SSSR count). The van der Waals surface area contributed by atoms with E-state index in [4.69, 9.17) is 9.47 Å². The highest BCUT2D eigenvalue weighted by atomic mass is 16.5. The van der Waals surface area contributed by atoms with Crippen LogP contribution in [0.1, 0.15) is 41.2 Å². The standard InChI is InChI=1S/C15H23BN4O4/c1-5-19-8-7-9-20(6-2)16(19)11-10-12(14(21)23-3)17-18-13(11)15(22)24-4/h10H,5-9H2,1-4H3. The average molecular weight is 334 g/mol. The van der Waals surface area contributed by atoms with Gasteiger partial charge in [-0.15, -0.1) is 10.2 Å². The van der Waals surface area contributed by atoms with Crippen LogP contribution in [-0.4, -0.2) is 79.1 Å². The Balaban J connectivity index is 2.57. The van der Waals surface area contributed by atoms with E-state index >= 15 is 0 Å². The van der Waals surface area contributed by atoms with Gasteiger partial charge in [0.05, 0.1) is 14.2 Å². The highest BCUT2D eigenvalue weighted by Gasteiger charge is 2.38. The highest BCUT2D eigenvalue weighted by molar-refractivity contribution is 6.69. The molecule has 0 aromatic carbocycles. The molecule has 1 aliphatic rings. The molecular formula is C15H23BN4O4. The van der Waals surface area contributed by atoms with Crippen LogP contribution in [0.4, 0.5) is 0 Å². The number of carbonyl (C=O) groups excluding carboxylic acids is 2. The van der Waals surface area contributed by atoms with Crippen LogP contribution in [-0.2, 0) is 9.47 Å². The van der Waals surface area contributed by atoms with Gasteiger partial charge in [-0.25, -0.2) is 9.59 Å². The van der Waals surface area contributed by atoms with Crippen LogP contribution in [0.15, 0.2) is 6.07 Å². The Labute approximate surface area is 142 Å². The van der Waals surface area contributed by atoms with Crippen LogP contribution in [0.25, 0.3) is 0 Å². The topological polar surface area (TPSA) is 84.9 Å². The van der Waals surface area contributed by atoms with Gasteiger partial charge in [-0.05, 0) is 44.1 Å². The summed E-state index contributed by atoms with van der Waals surface area (Å²) in [6.45, 7) is 7.44. The van der Waals surface area contributed by atoms with Crippen molar-refractivity contribution in [1.29, 1.82) is 0 Å². The molecule has 0 bridgehead atoms. The van der Waals surface area contributed by atoms with Crippen molar-refractivity contribution in [3.63, 3.8) is 0 Å². The minimum Gasteiger partial charge on any atom is -0.464 e. The SMILES string of the molecule is CCN1CCCN(CC)B1c1cc(C(=O)OC)nnc1C(=O)OC. The van der Waals surface area contributed by atoms with Crippen molar-refractivity contribution in [1.82, 2.24) is 19.8 Å². The minimum absolute atomic E-state index is 0.0813. The maximum Gasteiger partial charge on any atom is 0.358 e. The van der Waals surface area contributed by atoms with E-state index in [1.807, 2.05) is 0 Å². The lowest BCUT2D eigenvalue weighted by atomic mass is 9.61. The van der Waals surface area contributed by atoms with E-state index < -0.39 is 11.9 Å². The summed E-state index contributed by atoms with van der Waals surface area (Å²) in [6.07, 6.45) is 1.05. The molecule has 8 nitrogen and oxygen atoms in total. The largest absolute Gasteiger partial charge is 0.464 e. The van der Waals surface area contributed by atoms with Gasteiger partial charge in [0.15, 0.2) is 11.4 Å². The Bertz CT molecular complexity index is 601. The summed E-state index contributed by atoms with van der Waals surface area (Å²) < 4.78 is 9.56. The molecule has 0 N–H and O–H groups in total. The number of nitrogens with zero attached hydrogens (tertiary/aromatic N) is 4. The fourth-order valence-corrected chi connectivity index (χ4v) is 3.07. The van der Waals surface area contributed by atoms with Gasteiger partial charge in [0, 0.05) is 0 Å². The zero-order valence-corrected chi connectivity index (χ0v) is 14.6. The first kappa shape index (κ1) is 18.3. The number of ether oxygens (including phenoxy) is 2. The van der Waals surface area contributed by atoms with Crippen LogP contribution >= 0.6 is 0 Å². The molecule has 1 aromatic heterocycles. The first-order valence-corrected chi connectivity index (χ1v) is 8.09. The Morgan fingerprint density at radius 1 is 1.08 bits per heavy atom. The number of hydrogen-bond acceptors (Lipinski definition) is 8. The average Bonchev–Trinajstić information content (AvgIpc) is 2.65. The van der Waals surface area contributed by atoms with Gasteiger partial charge in [0.25, 0.3) is 0 Å². The molecule has 24 heavy (non-hydrogen) atoms. The van der Waals surface area contributed by atoms with E-state index in [2.05, 4.69) is 33.7 Å². The Morgan fingerprint density at radius 2 is 1.67 bits per heavy atom. The number of esters is 2. The maximum absolute atomic E-state index is 12.1. The van der Waals surface area contributed by atoms with Gasteiger partial charge in [-0.3, -0.25) is 0 Å². The predicted molar refractivity (Wildman–Crippen MR) is 89.2 cm³/mol. The van der Waals surface area contributed by atoms with Crippen molar-refractivity contribution < 1.29 is 19.1 Å². The molecule has 1 saturated heterocycles. The molecule has 0 aliphatic carbocycles. The van der Waals surface area contributed by atoms with Crippen molar-refractivity contribution in [2.24, 2.45) is 0 Å². The van der Waals surface area contributed by atoms with E-state index in [0.717, 1.165) is 32.6 Å². The molecule has 0 saturated carbocycles. The maximum atomic E-state index is 12.1. The number of rotatable bonds is 5. The third-order valence-electron chi connectivity index (χ3n) is 4.27. The van der Waals surface area contributed by atoms with Gasteiger partial charge < -0.3 is 19.1 Å². The summed E-state index contributed by atoms with van der Waals surface area (Å²) in [5.74, 6) is -1.14. The smallest absolute Gasteiger partial charge is 0.358 e. The summed E-state index contributed by atoms with van der Waals surface area (Å²) in [4.78, 5) is 28.5. The summed E-state index contributed by atoms with van der Waals surface area (Å²) in [5, 5.41) is 7.77. The van der Waals surface area contributed by atoms with Crippen LogP contribution in [0.3, 0.4) is 0 Å². The Hall–Kier alpha value is -2.00. The number of hydrogen-bond donors (Lipinski definition) is 0. The predicted octanol–water partition coefficient (Wildman–Crippen LogP) is -0.207. The van der Waals surface area contributed by atoms with Crippen molar-refractivity contribution in [3.05, 3.63) is 17.5 Å². The fraction of sp³-hybridized carbons (Fsp3) is 0.600. The molecule has 130 valence electrons. The van der Waals surface area contributed by atoms with Crippen molar-refractivity contribution in [2.75, 3.05) is 40.4 Å². The van der Waals surface area contributed by atoms with Crippen molar-refractivity contribution >= 4 is 24.4 Å². The van der Waals surface area contributed by atoms with Crippen LogP contribution < -0.4 is 5.46 Å². The van der Waals surface area contributed by atoms with Gasteiger partial charge in [0.2, 0.25) is 0 Å². The van der Waals surface area contributed by atoms with E-state index in [-0.39, 0.29) is 18.4 Å². The fourth-order valence-electron chi connectivity index (χ4n) is 3.07. The van der Waals surface area contributed by atoms with E-state index in [0.29, 0.717) is 5.46 Å². The molecule has 2 heterocycles. The van der Waals surface area contributed by atoms with Crippen molar-refractivity contribution in [2.45, 2.75) is 20.3 Å². The molecule has 1 aromatic rings. The lowest BCUT2D eigenvalue weighted by molar-refractivity contribution is 0.0575. The summed E-state index contributed by atoms with van der Waals surface area (Å²) in [6, 6.07) is 1.59. The Morgan fingerprint density at radius 3 is 2.17 bits per heavy atom. The van der Waals surface area contributed by atoms with Gasteiger partial charge in [0.1, 0.15) is 0 Å². The molecule has 0 radical (unpaired) electrons. The van der Waals surface area contributed by atoms with Gasteiger partial charge >= 0.3 is 18.9 Å². The molecule has 0 atom stereocenters. The van der Waals surface area contributed by atoms with Crippen LogP contribution in [0.5, 0.6) is 0 Å². The molecule has 0 amide bonds. The summed E-state index contributed by atoms with van der Waals surface area (Å²) >= 11 is 0. The minimum atomic E-state index is -0.581. The van der Waals surface area contributed by atoms with Gasteiger partial charge in [-0.1, -0.05) is 13.8 Å². The lowest BCUT2D eigenvalue weighted by Gasteiger charge is -2.41. The van der Waals surface area contributed by atoms with E-state index in [1.165, 1.54) is 14.2 Å². The normalized spacial score (nSPS) is 16.1. The van der Waals surface area contributed by atoms with Gasteiger partial charge in [-0.2, -0.15) is 0 Å². The molecule has 1 aliphatic heterocycles. The van der Waals surface area contributed by atoms with Crippen molar-refractivity contribution in [3.8, 4) is 0 Å². The monoisotopic (exact) mass is 334 g/mol. The first-order chi connectivity index (χ1) is 11.6. The second-order valence-electron chi connectivity index (χ2n) is 5.50. The molecule has 0 unspecified atom stereocenters. The second-order valence-corrected chi connectivity index (χ2v) is 5.50. The third kappa shape index (κ3) is 3.57.